The fourth-order valence-corrected chi connectivity index (χ4v) is 9.43. The van der Waals surface area contributed by atoms with Crippen LogP contribution in [0.15, 0.2) is 0 Å². The molecular weight excluding hydrogens is 455 g/mol. The molecule has 4 saturated carbocycles. The number of fused-ring (bicyclic) bond motifs is 5. The molecule has 4 rings (SSSR count). The van der Waals surface area contributed by atoms with Crippen LogP contribution in [0.2, 0.25) is 19.6 Å². The summed E-state index contributed by atoms with van der Waals surface area (Å²) in [5.41, 5.74) is -4.85. The highest BCUT2D eigenvalue weighted by molar-refractivity contribution is 6.69. The Labute approximate surface area is 203 Å². The Morgan fingerprint density at radius 2 is 1.76 bits per heavy atom. The van der Waals surface area contributed by atoms with Crippen LogP contribution in [-0.4, -0.2) is 54.9 Å². The number of rotatable bonds is 5. The van der Waals surface area contributed by atoms with Crippen molar-refractivity contribution in [1.29, 1.82) is 0 Å². The number of halogens is 1. The lowest BCUT2D eigenvalue weighted by Gasteiger charge is -2.66. The van der Waals surface area contributed by atoms with E-state index in [-0.39, 0.29) is 36.4 Å². The Bertz CT molecular complexity index is 887. The predicted molar refractivity (Wildman–Crippen MR) is 127 cm³/mol. The number of Topliss-reactive ketones (excluding diaryl/α,β-unsaturated/α-hetero) is 2. The van der Waals surface area contributed by atoms with Gasteiger partial charge in [-0.3, -0.25) is 14.4 Å². The van der Waals surface area contributed by atoms with Gasteiger partial charge in [-0.15, -0.1) is 0 Å². The van der Waals surface area contributed by atoms with Gasteiger partial charge in [-0.1, -0.05) is 13.8 Å². The van der Waals surface area contributed by atoms with Crippen molar-refractivity contribution in [3.63, 3.8) is 0 Å². The largest absolute Gasteiger partial charge is 0.458 e. The highest BCUT2D eigenvalue weighted by atomic mass is 28.4. The van der Waals surface area contributed by atoms with Crippen LogP contribution in [0.25, 0.3) is 0 Å². The third kappa shape index (κ3) is 3.65. The monoisotopic (exact) mass is 496 g/mol. The van der Waals surface area contributed by atoms with E-state index in [1.807, 2.05) is 33.5 Å². The Balaban J connectivity index is 1.77. The van der Waals surface area contributed by atoms with Crippen molar-refractivity contribution < 1.29 is 33.0 Å². The Hall–Kier alpha value is -1.12. The van der Waals surface area contributed by atoms with E-state index in [1.54, 1.807) is 0 Å². The number of carbonyl (C=O) groups is 3. The van der Waals surface area contributed by atoms with Crippen molar-refractivity contribution in [2.24, 2.45) is 28.6 Å². The maximum Gasteiger partial charge on any atom is 0.303 e. The number of hydrogen-bond donors (Lipinski definition) is 1. The van der Waals surface area contributed by atoms with Gasteiger partial charge >= 0.3 is 5.97 Å². The van der Waals surface area contributed by atoms with Gasteiger partial charge in [0.15, 0.2) is 14.9 Å². The van der Waals surface area contributed by atoms with Crippen LogP contribution in [0.4, 0.5) is 4.39 Å². The average molecular weight is 497 g/mol. The molecule has 192 valence electrons. The molecule has 8 heteroatoms. The molecule has 4 aliphatic rings. The summed E-state index contributed by atoms with van der Waals surface area (Å²) in [6, 6.07) is 0. The maximum atomic E-state index is 17.9. The van der Waals surface area contributed by atoms with E-state index in [1.165, 1.54) is 6.92 Å². The Morgan fingerprint density at radius 3 is 2.38 bits per heavy atom. The summed E-state index contributed by atoms with van der Waals surface area (Å²) >= 11 is 0. The second-order valence-corrected chi connectivity index (χ2v) is 17.3. The molecule has 0 amide bonds. The summed E-state index contributed by atoms with van der Waals surface area (Å²) in [5, 5.41) is 11.8. The highest BCUT2D eigenvalue weighted by Crippen LogP contribution is 2.71. The zero-order valence-electron chi connectivity index (χ0n) is 21.5. The van der Waals surface area contributed by atoms with Crippen LogP contribution in [0.3, 0.4) is 0 Å². The van der Waals surface area contributed by atoms with Gasteiger partial charge in [0.2, 0.25) is 5.78 Å². The second-order valence-electron chi connectivity index (χ2n) is 12.9. The van der Waals surface area contributed by atoms with Gasteiger partial charge in [-0.2, -0.15) is 0 Å². The summed E-state index contributed by atoms with van der Waals surface area (Å²) in [7, 11) is -2.19. The molecular formula is C26H41FO6Si. The molecule has 8 atom stereocenters. The summed E-state index contributed by atoms with van der Waals surface area (Å²) in [4.78, 5) is 36.8. The van der Waals surface area contributed by atoms with E-state index in [0.717, 1.165) is 6.42 Å². The minimum atomic E-state index is -2.19. The molecule has 0 spiro atoms. The smallest absolute Gasteiger partial charge is 0.303 e. The number of ether oxygens (including phenoxy) is 1. The Kier molecular flexibility index (Phi) is 6.26. The van der Waals surface area contributed by atoms with Crippen LogP contribution in [0, 0.1) is 28.6 Å². The standard InChI is InChI=1S/C26H41FO6Si/c1-16(28)32-15-21(30)25(31)12-10-19-20-8-7-17-13-18(29)9-11-23(17,2)26(20,27)22(14-24(19,25)3)33-34(4,5)6/h17,19-20,22,31H,7-15H2,1-6H3/t17?,19-,20-,22?,23-,24-,25-,26-/m0/s1. The summed E-state index contributed by atoms with van der Waals surface area (Å²) in [6.07, 6.45) is 3.04. The lowest BCUT2D eigenvalue weighted by Crippen LogP contribution is -2.72. The number of aliphatic hydroxyl groups is 1. The van der Waals surface area contributed by atoms with Crippen molar-refractivity contribution in [2.45, 2.75) is 109 Å². The number of esters is 1. The predicted octanol–water partition coefficient (Wildman–Crippen LogP) is 4.38. The van der Waals surface area contributed by atoms with Gasteiger partial charge in [0, 0.05) is 30.6 Å². The van der Waals surface area contributed by atoms with E-state index in [4.69, 9.17) is 9.16 Å². The van der Waals surface area contributed by atoms with Crippen LogP contribution in [-0.2, 0) is 23.5 Å². The quantitative estimate of drug-likeness (QED) is 0.449. The van der Waals surface area contributed by atoms with Crippen molar-refractivity contribution in [2.75, 3.05) is 6.61 Å². The molecule has 1 N–H and O–H groups in total. The lowest BCUT2D eigenvalue weighted by molar-refractivity contribution is -0.250. The highest BCUT2D eigenvalue weighted by Gasteiger charge is 2.75. The van der Waals surface area contributed by atoms with E-state index < -0.39 is 54.9 Å². The topological polar surface area (TPSA) is 89.9 Å². The number of hydrogen-bond acceptors (Lipinski definition) is 6. The lowest BCUT2D eigenvalue weighted by atomic mass is 9.42. The van der Waals surface area contributed by atoms with Gasteiger partial charge in [-0.25, -0.2) is 4.39 Å². The van der Waals surface area contributed by atoms with Gasteiger partial charge in [-0.05, 0) is 75.9 Å². The third-order valence-corrected chi connectivity index (χ3v) is 11.0. The molecule has 6 nitrogen and oxygen atoms in total. The van der Waals surface area contributed by atoms with E-state index in [9.17, 15) is 19.5 Å². The molecule has 0 aliphatic heterocycles. The van der Waals surface area contributed by atoms with E-state index >= 15 is 4.39 Å². The Morgan fingerprint density at radius 1 is 1.09 bits per heavy atom. The molecule has 0 aromatic heterocycles. The number of carbonyl (C=O) groups excluding carboxylic acids is 3. The van der Waals surface area contributed by atoms with Crippen molar-refractivity contribution in [1.82, 2.24) is 0 Å². The van der Waals surface area contributed by atoms with Crippen LogP contribution >= 0.6 is 0 Å². The normalized spacial score (nSPS) is 46.3. The molecule has 0 saturated heterocycles. The maximum absolute atomic E-state index is 17.9. The molecule has 0 bridgehead atoms. The first-order valence-electron chi connectivity index (χ1n) is 12.9. The molecule has 0 radical (unpaired) electrons. The SMILES string of the molecule is CC(=O)OCC(=O)[C@@]1(O)CC[C@H]2[C@@H]3CCC4CC(=O)CC[C@]4(C)[C@@]3(F)C(O[Si](C)(C)C)C[C@@]21C. The molecule has 4 fully saturated rings. The number of ketones is 2. The summed E-state index contributed by atoms with van der Waals surface area (Å²) in [6.45, 7) is 10.8. The van der Waals surface area contributed by atoms with Crippen LogP contribution < -0.4 is 0 Å². The van der Waals surface area contributed by atoms with Crippen molar-refractivity contribution in [3.8, 4) is 0 Å². The zero-order chi connectivity index (χ0) is 25.3. The minimum absolute atomic E-state index is 0.00187. The van der Waals surface area contributed by atoms with Crippen molar-refractivity contribution in [3.05, 3.63) is 0 Å². The first kappa shape index (κ1) is 26.0. The van der Waals surface area contributed by atoms with Gasteiger partial charge in [0.05, 0.1) is 6.10 Å². The summed E-state index contributed by atoms with van der Waals surface area (Å²) < 4.78 is 29.5. The second kappa shape index (κ2) is 8.20. The molecule has 0 aromatic rings. The molecule has 4 aliphatic carbocycles. The zero-order valence-corrected chi connectivity index (χ0v) is 22.5. The first-order chi connectivity index (χ1) is 15.6. The minimum Gasteiger partial charge on any atom is -0.458 e. The van der Waals surface area contributed by atoms with E-state index in [0.29, 0.717) is 32.1 Å². The summed E-state index contributed by atoms with van der Waals surface area (Å²) in [5.74, 6) is -1.38. The molecule has 0 heterocycles. The van der Waals surface area contributed by atoms with Gasteiger partial charge in [0.25, 0.3) is 0 Å². The van der Waals surface area contributed by atoms with Crippen LogP contribution in [0.1, 0.15) is 72.1 Å². The fraction of sp³-hybridized carbons (Fsp3) is 0.885. The van der Waals surface area contributed by atoms with Crippen molar-refractivity contribution >= 4 is 25.9 Å². The first-order valence-corrected chi connectivity index (χ1v) is 16.3. The number of alkyl halides is 1. The molecule has 2 unspecified atom stereocenters. The third-order valence-electron chi connectivity index (χ3n) is 10.0. The van der Waals surface area contributed by atoms with Crippen LogP contribution in [0.5, 0.6) is 0 Å². The van der Waals surface area contributed by atoms with Gasteiger partial charge in [0.1, 0.15) is 17.1 Å². The molecule has 0 aromatic carbocycles. The average Bonchev–Trinajstić information content (AvgIpc) is 2.98. The molecule has 34 heavy (non-hydrogen) atoms. The fourth-order valence-electron chi connectivity index (χ4n) is 8.32. The van der Waals surface area contributed by atoms with Gasteiger partial charge < -0.3 is 14.3 Å². The van der Waals surface area contributed by atoms with E-state index in [2.05, 4.69) is 0 Å².